The van der Waals surface area contributed by atoms with E-state index < -0.39 is 29.6 Å². The molecule has 6 heteroatoms. The van der Waals surface area contributed by atoms with Gasteiger partial charge in [0, 0.05) is 22.6 Å². The van der Waals surface area contributed by atoms with E-state index in [9.17, 15) is 17.6 Å². The van der Waals surface area contributed by atoms with Gasteiger partial charge in [-0.05, 0) is 30.0 Å². The molecule has 168 valence electrons. The lowest BCUT2D eigenvalue weighted by molar-refractivity contribution is -0.207. The molecule has 2 nitrogen and oxygen atoms in total. The Balaban J connectivity index is 1.57. The Labute approximate surface area is 184 Å². The molecule has 3 aromatic carbocycles. The molecule has 0 bridgehead atoms. The van der Waals surface area contributed by atoms with Crippen molar-refractivity contribution in [1.29, 1.82) is 0 Å². The van der Waals surface area contributed by atoms with Crippen LogP contribution in [0.15, 0.2) is 48.5 Å². The van der Waals surface area contributed by atoms with Crippen LogP contribution in [0.1, 0.15) is 37.2 Å². The summed E-state index contributed by atoms with van der Waals surface area (Å²) in [5, 5.41) is 0. The largest absolute Gasteiger partial charge is 0.348 e. The minimum absolute atomic E-state index is 0.0232. The van der Waals surface area contributed by atoms with E-state index in [1.54, 1.807) is 24.3 Å². The summed E-state index contributed by atoms with van der Waals surface area (Å²) >= 11 is 0. The van der Waals surface area contributed by atoms with Crippen molar-refractivity contribution in [3.8, 4) is 22.3 Å². The molecule has 1 aliphatic heterocycles. The summed E-state index contributed by atoms with van der Waals surface area (Å²) in [6.45, 7) is 4.44. The summed E-state index contributed by atoms with van der Waals surface area (Å²) in [6, 6.07) is 12.1. The third-order valence-corrected chi connectivity index (χ3v) is 5.81. The number of benzene rings is 3. The van der Waals surface area contributed by atoms with E-state index in [1.165, 1.54) is 31.2 Å². The molecule has 32 heavy (non-hydrogen) atoms. The van der Waals surface area contributed by atoms with Gasteiger partial charge in [-0.3, -0.25) is 0 Å². The molecule has 0 amide bonds. The van der Waals surface area contributed by atoms with Crippen molar-refractivity contribution in [3.63, 3.8) is 0 Å². The second-order valence-corrected chi connectivity index (χ2v) is 8.12. The zero-order valence-corrected chi connectivity index (χ0v) is 17.9. The summed E-state index contributed by atoms with van der Waals surface area (Å²) in [7, 11) is 0. The minimum Gasteiger partial charge on any atom is -0.348 e. The van der Waals surface area contributed by atoms with Crippen molar-refractivity contribution in [2.75, 3.05) is 13.2 Å². The van der Waals surface area contributed by atoms with Crippen LogP contribution in [0.2, 0.25) is 0 Å². The minimum atomic E-state index is -1.02. The molecule has 3 aromatic rings. The molecule has 0 atom stereocenters. The zero-order valence-electron chi connectivity index (χ0n) is 17.9. The molecular formula is C26H24F4O2. The third kappa shape index (κ3) is 4.30. The van der Waals surface area contributed by atoms with E-state index in [4.69, 9.17) is 9.47 Å². The number of rotatable bonds is 5. The van der Waals surface area contributed by atoms with Crippen molar-refractivity contribution < 1.29 is 27.0 Å². The maximum absolute atomic E-state index is 14.9. The molecule has 0 saturated carbocycles. The van der Waals surface area contributed by atoms with E-state index in [-0.39, 0.29) is 28.2 Å². The van der Waals surface area contributed by atoms with Crippen LogP contribution in [0.5, 0.6) is 0 Å². The first-order valence-corrected chi connectivity index (χ1v) is 10.7. The summed E-state index contributed by atoms with van der Waals surface area (Å²) in [6.07, 6.45) is 1.02. The highest BCUT2D eigenvalue weighted by Gasteiger charge is 2.27. The Morgan fingerprint density at radius 1 is 0.719 bits per heavy atom. The predicted molar refractivity (Wildman–Crippen MR) is 115 cm³/mol. The van der Waals surface area contributed by atoms with Gasteiger partial charge in [0.25, 0.3) is 0 Å². The fraction of sp³-hybridized carbons (Fsp3) is 0.308. The Morgan fingerprint density at radius 2 is 1.25 bits per heavy atom. The highest BCUT2D eigenvalue weighted by molar-refractivity contribution is 5.71. The van der Waals surface area contributed by atoms with Crippen LogP contribution in [0.3, 0.4) is 0 Å². The lowest BCUT2D eigenvalue weighted by Gasteiger charge is -2.29. The number of hydrogen-bond acceptors (Lipinski definition) is 2. The summed E-state index contributed by atoms with van der Waals surface area (Å²) in [5.74, 6) is -3.60. The maximum atomic E-state index is 14.9. The number of ether oxygens (including phenoxy) is 2. The number of hydrogen-bond donors (Lipinski definition) is 0. The van der Waals surface area contributed by atoms with Gasteiger partial charge in [-0.15, -0.1) is 0 Å². The van der Waals surface area contributed by atoms with Crippen LogP contribution in [0.25, 0.3) is 22.3 Å². The van der Waals surface area contributed by atoms with Crippen LogP contribution in [0, 0.1) is 36.1 Å². The molecule has 0 spiro atoms. The van der Waals surface area contributed by atoms with Crippen LogP contribution in [-0.2, 0) is 9.47 Å². The van der Waals surface area contributed by atoms with Gasteiger partial charge in [-0.25, -0.2) is 17.6 Å². The van der Waals surface area contributed by atoms with E-state index in [0.29, 0.717) is 24.3 Å². The van der Waals surface area contributed by atoms with Gasteiger partial charge >= 0.3 is 0 Å². The second-order valence-electron chi connectivity index (χ2n) is 8.12. The fourth-order valence-corrected chi connectivity index (χ4v) is 3.97. The normalized spacial score (nSPS) is 18.7. The Morgan fingerprint density at radius 3 is 1.81 bits per heavy atom. The summed E-state index contributed by atoms with van der Waals surface area (Å²) in [4.78, 5) is 0. The maximum Gasteiger partial charge on any atom is 0.186 e. The van der Waals surface area contributed by atoms with Gasteiger partial charge < -0.3 is 9.47 Å². The fourth-order valence-electron chi connectivity index (χ4n) is 3.97. The standard InChI is InChI=1S/C26H24F4O2/c1-3-4-16-13-31-26(32-14-16)21-12-11-20(24(29)25(21)30)18-8-6-17(7-9-18)19-10-5-15(2)22(27)23(19)28/h5-12,16,26H,3-4,13-14H2,1-2H3. The Hall–Kier alpha value is -2.70. The van der Waals surface area contributed by atoms with E-state index in [0.717, 1.165) is 12.8 Å². The van der Waals surface area contributed by atoms with E-state index >= 15 is 0 Å². The average Bonchev–Trinajstić information content (AvgIpc) is 2.81. The van der Waals surface area contributed by atoms with E-state index in [1.807, 2.05) is 0 Å². The van der Waals surface area contributed by atoms with Crippen molar-refractivity contribution in [2.24, 2.45) is 5.92 Å². The Bertz CT molecular complexity index is 1100. The van der Waals surface area contributed by atoms with Gasteiger partial charge in [0.1, 0.15) is 0 Å². The van der Waals surface area contributed by atoms with Gasteiger partial charge in [-0.1, -0.05) is 61.9 Å². The average molecular weight is 444 g/mol. The smallest absolute Gasteiger partial charge is 0.186 e. The topological polar surface area (TPSA) is 18.5 Å². The number of halogens is 4. The van der Waals surface area contributed by atoms with Gasteiger partial charge in [0.05, 0.1) is 13.2 Å². The highest BCUT2D eigenvalue weighted by Crippen LogP contribution is 2.34. The van der Waals surface area contributed by atoms with Crippen LogP contribution in [-0.4, -0.2) is 13.2 Å². The molecule has 0 aromatic heterocycles. The van der Waals surface area contributed by atoms with Crippen LogP contribution in [0.4, 0.5) is 17.6 Å². The molecule has 0 aliphatic carbocycles. The molecular weight excluding hydrogens is 420 g/mol. The predicted octanol–water partition coefficient (Wildman–Crippen LogP) is 7.35. The first-order valence-electron chi connectivity index (χ1n) is 10.7. The molecule has 1 aliphatic rings. The van der Waals surface area contributed by atoms with Crippen molar-refractivity contribution >= 4 is 0 Å². The van der Waals surface area contributed by atoms with Crippen molar-refractivity contribution in [3.05, 3.63) is 82.9 Å². The first kappa shape index (κ1) is 22.5. The van der Waals surface area contributed by atoms with Gasteiger partial charge in [-0.2, -0.15) is 0 Å². The lowest BCUT2D eigenvalue weighted by atomic mass is 9.97. The second kappa shape index (κ2) is 9.43. The van der Waals surface area contributed by atoms with Crippen LogP contribution >= 0.6 is 0 Å². The molecule has 1 fully saturated rings. The lowest BCUT2D eigenvalue weighted by Crippen LogP contribution is -2.27. The molecule has 4 rings (SSSR count). The quantitative estimate of drug-likeness (QED) is 0.383. The third-order valence-electron chi connectivity index (χ3n) is 5.81. The first-order chi connectivity index (χ1) is 15.4. The van der Waals surface area contributed by atoms with Crippen LogP contribution < -0.4 is 0 Å². The van der Waals surface area contributed by atoms with Crippen molar-refractivity contribution in [2.45, 2.75) is 33.0 Å². The molecule has 0 radical (unpaired) electrons. The molecule has 1 heterocycles. The zero-order chi connectivity index (χ0) is 22.8. The van der Waals surface area contributed by atoms with E-state index in [2.05, 4.69) is 6.92 Å². The molecule has 0 N–H and O–H groups in total. The SMILES string of the molecule is CCCC1COC(c2ccc(-c3ccc(-c4ccc(C)c(F)c4F)cc3)c(F)c2F)OC1. The summed E-state index contributed by atoms with van der Waals surface area (Å²) in [5.41, 5.74) is 1.26. The number of aryl methyl sites for hydroxylation is 1. The summed E-state index contributed by atoms with van der Waals surface area (Å²) < 4.78 is 69.1. The van der Waals surface area contributed by atoms with Gasteiger partial charge in [0.2, 0.25) is 0 Å². The highest BCUT2D eigenvalue weighted by atomic mass is 19.2. The van der Waals surface area contributed by atoms with Crippen molar-refractivity contribution in [1.82, 2.24) is 0 Å². The Kier molecular flexibility index (Phi) is 6.63. The molecule has 1 saturated heterocycles. The monoisotopic (exact) mass is 444 g/mol. The van der Waals surface area contributed by atoms with Gasteiger partial charge in [0.15, 0.2) is 29.6 Å². The molecule has 0 unspecified atom stereocenters.